The van der Waals surface area contributed by atoms with Gasteiger partial charge < -0.3 is 9.88 Å². The lowest BCUT2D eigenvalue weighted by molar-refractivity contribution is 1.18. The number of rotatable bonds is 2. The van der Waals surface area contributed by atoms with Gasteiger partial charge >= 0.3 is 0 Å². The highest BCUT2D eigenvalue weighted by Crippen LogP contribution is 2.40. The number of nitrogens with one attached hydrogen (secondary N) is 1. The molecule has 0 fully saturated rings. The van der Waals surface area contributed by atoms with E-state index in [9.17, 15) is 0 Å². The summed E-state index contributed by atoms with van der Waals surface area (Å²) in [5.41, 5.74) is 3.37. The molecule has 0 saturated heterocycles. The second-order valence-corrected chi connectivity index (χ2v) is 9.70. The Morgan fingerprint density at radius 2 is 1.02 bits per heavy atom. The molecule has 0 amide bonds. The van der Waals surface area contributed by atoms with E-state index in [1.165, 1.54) is 0 Å². The molecule has 1 aliphatic rings. The molecule has 1 aromatic heterocycles. The van der Waals surface area contributed by atoms with Gasteiger partial charge in [-0.1, -0.05) is 44.2 Å². The van der Waals surface area contributed by atoms with Crippen molar-refractivity contribution in [2.24, 2.45) is 0 Å². The van der Waals surface area contributed by atoms with E-state index in [4.69, 9.17) is 116 Å². The standard InChI is InChI=1S/C25H4B14N2/c1-2-4-6-9(27)11(29)14(32)18(36)23(6)40-22(4)8(26)5-3-41(24-7(5)10(28)12(30)15(33)19(24)37)25-20(38)16(34)13(31)17(35)21(25)39/h1,40H,3H2/b8-5-. The van der Waals surface area contributed by atoms with Crippen molar-refractivity contribution in [1.29, 1.82) is 0 Å². The average molecular weight is 484 g/mol. The molecule has 28 radical (unpaired) electrons. The number of anilines is 2. The van der Waals surface area contributed by atoms with E-state index < -0.39 is 0 Å². The molecule has 0 spiro atoms. The minimum Gasteiger partial charge on any atom is -0.355 e. The summed E-state index contributed by atoms with van der Waals surface area (Å²) < 4.78 is 0. The molecular formula is C25H4B14N2. The van der Waals surface area contributed by atoms with Crippen molar-refractivity contribution < 1.29 is 0 Å². The molecule has 3 aromatic carbocycles. The van der Waals surface area contributed by atoms with Gasteiger partial charge in [0, 0.05) is 34.5 Å². The van der Waals surface area contributed by atoms with Crippen molar-refractivity contribution >= 4 is 214 Å². The van der Waals surface area contributed by atoms with Gasteiger partial charge in [-0.15, -0.1) is 44.7 Å². The van der Waals surface area contributed by atoms with Crippen LogP contribution < -0.4 is 75.9 Å². The third kappa shape index (κ3) is 4.01. The summed E-state index contributed by atoms with van der Waals surface area (Å²) in [6.45, 7) is 0.00424. The lowest BCUT2D eigenvalue weighted by Crippen LogP contribution is -2.56. The van der Waals surface area contributed by atoms with Crippen molar-refractivity contribution in [3.63, 3.8) is 0 Å². The number of hydrogen-bond acceptors (Lipinski definition) is 1. The predicted octanol–water partition coefficient (Wildman–Crippen LogP) is -10.3. The normalized spacial score (nSPS) is 13.9. The van der Waals surface area contributed by atoms with Crippen LogP contribution in [0.4, 0.5) is 11.4 Å². The van der Waals surface area contributed by atoms with Gasteiger partial charge in [-0.2, -0.15) is 0 Å². The SMILES string of the molecule is [B]/C(=C1/CN(c2c([B])c([B])c([B])c([B])c2[B])c2c([B])c([B])c([B])c([B])c21)c1[nH]c2c([B])c([B])c([B])c([B])c2c1C#C. The van der Waals surface area contributed by atoms with Crippen LogP contribution in [-0.4, -0.2) is 121 Å². The Morgan fingerprint density at radius 3 is 1.56 bits per heavy atom. The Balaban J connectivity index is 1.90. The Morgan fingerprint density at radius 1 is 0.585 bits per heavy atom. The maximum Gasteiger partial charge on any atom is 0.117 e. The Hall–Kier alpha value is -2.79. The molecule has 5 rings (SSSR count). The van der Waals surface area contributed by atoms with Crippen LogP contribution in [0.3, 0.4) is 0 Å². The molecule has 41 heavy (non-hydrogen) atoms. The first kappa shape index (κ1) is 29.7. The van der Waals surface area contributed by atoms with Crippen LogP contribution in [0.2, 0.25) is 0 Å². The zero-order valence-corrected chi connectivity index (χ0v) is 21.8. The van der Waals surface area contributed by atoms with Crippen molar-refractivity contribution in [2.45, 2.75) is 0 Å². The van der Waals surface area contributed by atoms with Gasteiger partial charge in [0.05, 0.1) is 5.56 Å². The highest BCUT2D eigenvalue weighted by atomic mass is 15.2. The summed E-state index contributed by atoms with van der Waals surface area (Å²) in [5, 5.41) is 0.377. The zero-order valence-electron chi connectivity index (χ0n) is 21.8. The third-order valence-corrected chi connectivity index (χ3v) is 7.61. The Bertz CT molecular complexity index is 1900. The molecule has 0 unspecified atom stereocenters. The molecule has 2 heterocycles. The van der Waals surface area contributed by atoms with Crippen molar-refractivity contribution in [3.05, 3.63) is 16.8 Å². The summed E-state index contributed by atoms with van der Waals surface area (Å²) in [6.07, 6.45) is 5.92. The average Bonchev–Trinajstić information content (AvgIpc) is 3.54. The second-order valence-electron chi connectivity index (χ2n) is 9.70. The van der Waals surface area contributed by atoms with Gasteiger partial charge in [0.15, 0.2) is 0 Å². The fourth-order valence-corrected chi connectivity index (χ4v) is 5.28. The third-order valence-electron chi connectivity index (χ3n) is 7.61. The van der Waals surface area contributed by atoms with Crippen LogP contribution in [0.5, 0.6) is 0 Å². The zero-order chi connectivity index (χ0) is 30.4. The Kier molecular flexibility index (Phi) is 7.38. The van der Waals surface area contributed by atoms with Crippen LogP contribution >= 0.6 is 0 Å². The number of aromatic nitrogens is 1. The first-order valence-corrected chi connectivity index (χ1v) is 11.9. The van der Waals surface area contributed by atoms with Crippen LogP contribution in [0, 0.1) is 12.3 Å². The lowest BCUT2D eigenvalue weighted by Gasteiger charge is -2.31. The van der Waals surface area contributed by atoms with Gasteiger partial charge in [0.2, 0.25) is 0 Å². The first-order valence-electron chi connectivity index (χ1n) is 11.9. The van der Waals surface area contributed by atoms with Gasteiger partial charge in [0.1, 0.15) is 110 Å². The summed E-state index contributed by atoms with van der Waals surface area (Å²) in [5.74, 6) is 2.61. The number of terminal acetylenes is 1. The maximum atomic E-state index is 6.82. The first-order chi connectivity index (χ1) is 19.2. The molecular weight excluding hydrogens is 480 g/mol. The topological polar surface area (TPSA) is 19.0 Å². The van der Waals surface area contributed by atoms with Crippen molar-refractivity contribution in [2.75, 3.05) is 11.4 Å². The van der Waals surface area contributed by atoms with Crippen LogP contribution in [-0.2, 0) is 0 Å². The van der Waals surface area contributed by atoms with Gasteiger partial charge in [-0.25, -0.2) is 0 Å². The monoisotopic (exact) mass is 486 g/mol. The molecule has 2 nitrogen and oxygen atoms in total. The van der Waals surface area contributed by atoms with E-state index in [2.05, 4.69) is 10.9 Å². The van der Waals surface area contributed by atoms with Crippen LogP contribution in [0.1, 0.15) is 16.8 Å². The van der Waals surface area contributed by atoms with E-state index in [-0.39, 0.29) is 94.3 Å². The molecule has 0 atom stereocenters. The summed E-state index contributed by atoms with van der Waals surface area (Å²) in [6, 6.07) is 0. The fraction of sp³-hybridized carbons (Fsp3) is 0.0400. The molecule has 0 aliphatic carbocycles. The predicted molar refractivity (Wildman–Crippen MR) is 189 cm³/mol. The smallest absolute Gasteiger partial charge is 0.117 e. The second kappa shape index (κ2) is 10.2. The van der Waals surface area contributed by atoms with Crippen LogP contribution in [0.25, 0.3) is 21.9 Å². The van der Waals surface area contributed by atoms with Gasteiger partial charge in [0.25, 0.3) is 0 Å². The molecule has 0 bridgehead atoms. The number of aromatic amines is 1. The lowest BCUT2D eigenvalue weighted by atomic mass is 9.61. The maximum absolute atomic E-state index is 6.82. The quantitative estimate of drug-likeness (QED) is 0.222. The highest BCUT2D eigenvalue weighted by Gasteiger charge is 2.33. The summed E-state index contributed by atoms with van der Waals surface area (Å²) >= 11 is 0. The van der Waals surface area contributed by atoms with Crippen molar-refractivity contribution in [1.82, 2.24) is 4.98 Å². The number of benzene rings is 3. The summed E-state index contributed by atoms with van der Waals surface area (Å²) in [4.78, 5) is 4.78. The minimum absolute atomic E-state index is 0.00424. The van der Waals surface area contributed by atoms with Crippen molar-refractivity contribution in [3.8, 4) is 12.3 Å². The number of nitrogens with zero attached hydrogens (tertiary/aromatic N) is 1. The molecule has 1 N–H and O–H groups in total. The van der Waals surface area contributed by atoms with E-state index >= 15 is 0 Å². The molecule has 0 saturated carbocycles. The van der Waals surface area contributed by atoms with Gasteiger partial charge in [-0.3, -0.25) is 0 Å². The minimum atomic E-state index is 0.00424. The van der Waals surface area contributed by atoms with Gasteiger partial charge in [-0.05, 0) is 11.1 Å². The van der Waals surface area contributed by atoms with E-state index in [1.807, 2.05) is 0 Å². The highest BCUT2D eigenvalue weighted by molar-refractivity contribution is 6.70. The largest absolute Gasteiger partial charge is 0.355 e. The van der Waals surface area contributed by atoms with E-state index in [1.54, 1.807) is 4.90 Å². The molecule has 156 valence electrons. The molecule has 16 heteroatoms. The summed E-state index contributed by atoms with van der Waals surface area (Å²) in [7, 11) is 88.1. The van der Waals surface area contributed by atoms with E-state index in [0.717, 1.165) is 0 Å². The molecule has 4 aromatic rings. The van der Waals surface area contributed by atoms with Crippen LogP contribution in [0.15, 0.2) is 0 Å². The number of H-pyrrole nitrogens is 1. The fourth-order valence-electron chi connectivity index (χ4n) is 5.28. The Labute approximate surface area is 258 Å². The van der Waals surface area contributed by atoms with E-state index in [0.29, 0.717) is 33.4 Å². The number of hydrogen-bond donors (Lipinski definition) is 1. The molecule has 1 aliphatic heterocycles. The number of fused-ring (bicyclic) bond motifs is 2.